The van der Waals surface area contributed by atoms with Crippen LogP contribution >= 0.6 is 0 Å². The van der Waals surface area contributed by atoms with E-state index in [1.54, 1.807) is 6.07 Å². The number of hydrogen-bond acceptors (Lipinski definition) is 3. The standard InChI is InChI=1S/C12H19N3O2S/c1-2-8-14-11-7-9-15(18(13,16)17)12-6-4-3-5-10(11)12/h3-6,11,14H,2,7-9H2,1H3,(H2,13,16,17). The third kappa shape index (κ3) is 2.66. The number of nitrogens with one attached hydrogen (secondary N) is 1. The maximum absolute atomic E-state index is 11.6. The van der Waals surface area contributed by atoms with Crippen molar-refractivity contribution in [3.05, 3.63) is 29.8 Å². The molecule has 1 aliphatic heterocycles. The number of hydrogen-bond donors (Lipinski definition) is 2. The Bertz CT molecular complexity index is 516. The van der Waals surface area contributed by atoms with Crippen molar-refractivity contribution in [2.45, 2.75) is 25.8 Å². The molecule has 0 radical (unpaired) electrons. The number of benzene rings is 1. The fraction of sp³-hybridized carbons (Fsp3) is 0.500. The molecule has 1 aromatic rings. The van der Waals surface area contributed by atoms with Crippen molar-refractivity contribution in [1.82, 2.24) is 5.32 Å². The second-order valence-corrected chi connectivity index (χ2v) is 5.94. The average molecular weight is 269 g/mol. The van der Waals surface area contributed by atoms with Crippen molar-refractivity contribution in [1.29, 1.82) is 0 Å². The molecule has 0 fully saturated rings. The van der Waals surface area contributed by atoms with Crippen LogP contribution in [0, 0.1) is 0 Å². The number of para-hydroxylation sites is 1. The minimum Gasteiger partial charge on any atom is -0.310 e. The molecule has 0 saturated carbocycles. The first-order chi connectivity index (χ1) is 8.54. The van der Waals surface area contributed by atoms with Gasteiger partial charge in [0.2, 0.25) is 0 Å². The van der Waals surface area contributed by atoms with E-state index in [0.29, 0.717) is 12.2 Å². The Morgan fingerprint density at radius 3 is 2.83 bits per heavy atom. The van der Waals surface area contributed by atoms with E-state index in [4.69, 9.17) is 5.14 Å². The Hall–Kier alpha value is -1.11. The molecule has 0 bridgehead atoms. The first-order valence-corrected chi connectivity index (χ1v) is 7.67. The molecule has 1 aliphatic rings. The van der Waals surface area contributed by atoms with Crippen molar-refractivity contribution in [3.63, 3.8) is 0 Å². The molecule has 100 valence electrons. The molecule has 1 heterocycles. The summed E-state index contributed by atoms with van der Waals surface area (Å²) in [6, 6.07) is 7.73. The molecule has 0 aliphatic carbocycles. The van der Waals surface area contributed by atoms with Gasteiger partial charge in [-0.2, -0.15) is 8.42 Å². The van der Waals surface area contributed by atoms with E-state index in [2.05, 4.69) is 12.2 Å². The lowest BCUT2D eigenvalue weighted by Crippen LogP contribution is -2.43. The molecular weight excluding hydrogens is 250 g/mol. The van der Waals surface area contributed by atoms with Crippen LogP contribution in [-0.2, 0) is 10.2 Å². The maximum Gasteiger partial charge on any atom is 0.299 e. The van der Waals surface area contributed by atoms with E-state index < -0.39 is 10.2 Å². The first kappa shape index (κ1) is 13.3. The lowest BCUT2D eigenvalue weighted by atomic mass is 9.98. The number of fused-ring (bicyclic) bond motifs is 1. The molecule has 5 nitrogen and oxygen atoms in total. The summed E-state index contributed by atoms with van der Waals surface area (Å²) < 4.78 is 24.4. The lowest BCUT2D eigenvalue weighted by Gasteiger charge is -2.34. The molecule has 0 spiro atoms. The van der Waals surface area contributed by atoms with Gasteiger partial charge in [0, 0.05) is 12.6 Å². The Morgan fingerprint density at radius 2 is 2.17 bits per heavy atom. The van der Waals surface area contributed by atoms with E-state index in [1.165, 1.54) is 4.31 Å². The number of rotatable bonds is 4. The third-order valence-corrected chi connectivity index (χ3v) is 4.14. The highest BCUT2D eigenvalue weighted by Crippen LogP contribution is 2.34. The van der Waals surface area contributed by atoms with Crippen LogP contribution in [0.2, 0.25) is 0 Å². The monoisotopic (exact) mass is 269 g/mol. The van der Waals surface area contributed by atoms with Crippen molar-refractivity contribution < 1.29 is 8.42 Å². The van der Waals surface area contributed by atoms with Crippen LogP contribution in [-0.4, -0.2) is 21.5 Å². The first-order valence-electron chi connectivity index (χ1n) is 6.17. The van der Waals surface area contributed by atoms with Gasteiger partial charge in [0.15, 0.2) is 0 Å². The second kappa shape index (κ2) is 5.26. The highest BCUT2D eigenvalue weighted by molar-refractivity contribution is 7.90. The zero-order chi connectivity index (χ0) is 13.2. The van der Waals surface area contributed by atoms with Gasteiger partial charge in [-0.1, -0.05) is 25.1 Å². The summed E-state index contributed by atoms with van der Waals surface area (Å²) in [5.41, 5.74) is 1.70. The minimum absolute atomic E-state index is 0.208. The largest absolute Gasteiger partial charge is 0.310 e. The molecule has 2 rings (SSSR count). The Balaban J connectivity index is 2.34. The van der Waals surface area contributed by atoms with Gasteiger partial charge in [-0.25, -0.2) is 5.14 Å². The molecule has 0 saturated heterocycles. The summed E-state index contributed by atoms with van der Waals surface area (Å²) in [5.74, 6) is 0. The fourth-order valence-corrected chi connectivity index (χ4v) is 3.13. The molecule has 1 unspecified atom stereocenters. The van der Waals surface area contributed by atoms with Crippen molar-refractivity contribution in [3.8, 4) is 0 Å². The van der Waals surface area contributed by atoms with Crippen LogP contribution < -0.4 is 14.8 Å². The van der Waals surface area contributed by atoms with Gasteiger partial charge >= 0.3 is 0 Å². The van der Waals surface area contributed by atoms with Crippen LogP contribution in [0.15, 0.2) is 24.3 Å². The highest BCUT2D eigenvalue weighted by Gasteiger charge is 2.29. The smallest absolute Gasteiger partial charge is 0.299 e. The van der Waals surface area contributed by atoms with Gasteiger partial charge in [-0.15, -0.1) is 0 Å². The SMILES string of the molecule is CCCNC1CCN(S(N)(=O)=O)c2ccccc21. The Kier molecular flexibility index (Phi) is 3.89. The molecule has 18 heavy (non-hydrogen) atoms. The molecular formula is C12H19N3O2S. The highest BCUT2D eigenvalue weighted by atomic mass is 32.2. The van der Waals surface area contributed by atoms with Crippen molar-refractivity contribution in [2.75, 3.05) is 17.4 Å². The van der Waals surface area contributed by atoms with Crippen LogP contribution in [0.4, 0.5) is 5.69 Å². The summed E-state index contributed by atoms with van der Waals surface area (Å²) >= 11 is 0. The molecule has 3 N–H and O–H groups in total. The van der Waals surface area contributed by atoms with E-state index in [-0.39, 0.29) is 6.04 Å². The number of nitrogens with zero attached hydrogens (tertiary/aromatic N) is 1. The zero-order valence-corrected chi connectivity index (χ0v) is 11.3. The van der Waals surface area contributed by atoms with Crippen LogP contribution in [0.5, 0.6) is 0 Å². The summed E-state index contributed by atoms with van der Waals surface area (Å²) in [6.45, 7) is 3.46. The molecule has 1 atom stereocenters. The van der Waals surface area contributed by atoms with Crippen LogP contribution in [0.3, 0.4) is 0 Å². The fourth-order valence-electron chi connectivity index (χ4n) is 2.33. The van der Waals surface area contributed by atoms with Gasteiger partial charge in [-0.3, -0.25) is 4.31 Å². The Morgan fingerprint density at radius 1 is 1.44 bits per heavy atom. The Labute approximate surface area is 108 Å². The number of anilines is 1. The van der Waals surface area contributed by atoms with Crippen molar-refractivity contribution >= 4 is 15.9 Å². The summed E-state index contributed by atoms with van der Waals surface area (Å²) in [6.07, 6.45) is 1.80. The van der Waals surface area contributed by atoms with Crippen LogP contribution in [0.1, 0.15) is 31.4 Å². The van der Waals surface area contributed by atoms with Gasteiger partial charge < -0.3 is 5.32 Å². The maximum atomic E-state index is 11.6. The quantitative estimate of drug-likeness (QED) is 0.860. The van der Waals surface area contributed by atoms with E-state index in [9.17, 15) is 8.42 Å². The van der Waals surface area contributed by atoms with Gasteiger partial charge in [0.1, 0.15) is 0 Å². The van der Waals surface area contributed by atoms with Gasteiger partial charge in [0.25, 0.3) is 10.2 Å². The minimum atomic E-state index is -3.68. The van der Waals surface area contributed by atoms with Crippen molar-refractivity contribution in [2.24, 2.45) is 5.14 Å². The number of nitrogens with two attached hydrogens (primary N) is 1. The average Bonchev–Trinajstić information content (AvgIpc) is 2.34. The normalized spacial score (nSPS) is 19.7. The van der Waals surface area contributed by atoms with Gasteiger partial charge in [0.05, 0.1) is 5.69 Å². The summed E-state index contributed by atoms with van der Waals surface area (Å²) in [5, 5.41) is 8.69. The lowest BCUT2D eigenvalue weighted by molar-refractivity contribution is 0.488. The van der Waals surface area contributed by atoms with E-state index >= 15 is 0 Å². The predicted octanol–water partition coefficient (Wildman–Crippen LogP) is 1.14. The molecule has 1 aromatic carbocycles. The van der Waals surface area contributed by atoms with Crippen LogP contribution in [0.25, 0.3) is 0 Å². The third-order valence-electron chi connectivity index (χ3n) is 3.15. The summed E-state index contributed by atoms with van der Waals surface area (Å²) in [4.78, 5) is 0. The van der Waals surface area contributed by atoms with E-state index in [0.717, 1.165) is 24.9 Å². The second-order valence-electron chi connectivity index (χ2n) is 4.47. The molecule has 0 amide bonds. The molecule has 6 heteroatoms. The van der Waals surface area contributed by atoms with E-state index in [1.807, 2.05) is 18.2 Å². The summed E-state index contributed by atoms with van der Waals surface area (Å²) in [7, 11) is -3.68. The van der Waals surface area contributed by atoms with Gasteiger partial charge in [-0.05, 0) is 31.0 Å². The topological polar surface area (TPSA) is 75.4 Å². The zero-order valence-electron chi connectivity index (χ0n) is 10.5. The predicted molar refractivity (Wildman–Crippen MR) is 72.5 cm³/mol. The molecule has 0 aromatic heterocycles.